The molecular weight excluding hydrogens is 199 g/mol. The first-order chi connectivity index (χ1) is 7.17. The monoisotopic (exact) mass is 224 g/mol. The fourth-order valence-electron chi connectivity index (χ4n) is 1.32. The van der Waals surface area contributed by atoms with Crippen molar-refractivity contribution in [2.75, 3.05) is 0 Å². The molecule has 0 aliphatic heterocycles. The van der Waals surface area contributed by atoms with Crippen molar-refractivity contribution in [1.82, 2.24) is 0 Å². The molecule has 0 aromatic carbocycles. The van der Waals surface area contributed by atoms with Gasteiger partial charge in [-0.1, -0.05) is 51.7 Å². The van der Waals surface area contributed by atoms with Crippen molar-refractivity contribution in [2.45, 2.75) is 53.1 Å². The zero-order chi connectivity index (χ0) is 12.8. The molecule has 0 amide bonds. The lowest BCUT2D eigenvalue weighted by Gasteiger charge is -2.19. The Morgan fingerprint density at radius 1 is 1.19 bits per heavy atom. The Labute approximate surface area is 99.9 Å². The molecule has 0 radical (unpaired) electrons. The van der Waals surface area contributed by atoms with Gasteiger partial charge in [0.15, 0.2) is 0 Å². The lowest BCUT2D eigenvalue weighted by Crippen LogP contribution is -2.10. The zero-order valence-electron chi connectivity index (χ0n) is 11.3. The summed E-state index contributed by atoms with van der Waals surface area (Å²) >= 11 is 0. The molecule has 0 nitrogen and oxygen atoms in total. The summed E-state index contributed by atoms with van der Waals surface area (Å²) in [4.78, 5) is 0. The summed E-state index contributed by atoms with van der Waals surface area (Å²) in [6.07, 6.45) is 9.27. The molecule has 0 aliphatic carbocycles. The van der Waals surface area contributed by atoms with E-state index >= 15 is 0 Å². The summed E-state index contributed by atoms with van der Waals surface area (Å²) in [7, 11) is 0. The second-order valence-electron chi connectivity index (χ2n) is 5.76. The van der Waals surface area contributed by atoms with Gasteiger partial charge in [0.2, 0.25) is 0 Å². The average Bonchev–Trinajstić information content (AvgIpc) is 2.07. The molecule has 0 rings (SSSR count). The first kappa shape index (κ1) is 15.2. The number of hydrogen-bond acceptors (Lipinski definition) is 0. The van der Waals surface area contributed by atoms with Crippen LogP contribution in [-0.4, -0.2) is 5.67 Å². The fourth-order valence-corrected chi connectivity index (χ4v) is 1.32. The predicted octanol–water partition coefficient (Wildman–Crippen LogP) is 5.23. The van der Waals surface area contributed by atoms with Gasteiger partial charge in [-0.2, -0.15) is 0 Å². The third-order valence-electron chi connectivity index (χ3n) is 2.40. The Balaban J connectivity index is 4.25. The highest BCUT2D eigenvalue weighted by Crippen LogP contribution is 2.25. The quantitative estimate of drug-likeness (QED) is 0.561. The van der Waals surface area contributed by atoms with Gasteiger partial charge in [-0.05, 0) is 37.7 Å². The first-order valence-corrected chi connectivity index (χ1v) is 5.85. The third kappa shape index (κ3) is 7.44. The Morgan fingerprint density at radius 3 is 2.12 bits per heavy atom. The minimum absolute atomic E-state index is 0.117. The molecule has 0 aromatic rings. The molecule has 0 saturated carbocycles. The molecule has 1 heteroatoms. The Kier molecular flexibility index (Phi) is 5.71. The van der Waals surface area contributed by atoms with E-state index in [2.05, 4.69) is 33.4 Å². The van der Waals surface area contributed by atoms with E-state index in [0.29, 0.717) is 6.42 Å². The van der Waals surface area contributed by atoms with Crippen molar-refractivity contribution < 1.29 is 4.39 Å². The van der Waals surface area contributed by atoms with Crippen LogP contribution in [0.3, 0.4) is 0 Å². The van der Waals surface area contributed by atoms with Crippen molar-refractivity contribution >= 4 is 0 Å². The number of halogens is 1. The minimum atomic E-state index is -1.07. The summed E-state index contributed by atoms with van der Waals surface area (Å²) in [6, 6.07) is 0. The van der Waals surface area contributed by atoms with Crippen molar-refractivity contribution in [3.8, 4) is 0 Å². The maximum Gasteiger partial charge on any atom is 0.105 e. The summed E-state index contributed by atoms with van der Waals surface area (Å²) in [6.45, 7) is 13.5. The van der Waals surface area contributed by atoms with Crippen molar-refractivity contribution in [2.24, 2.45) is 5.41 Å². The van der Waals surface area contributed by atoms with Gasteiger partial charge in [0.1, 0.15) is 5.67 Å². The molecule has 0 N–H and O–H groups in total. The topological polar surface area (TPSA) is 0 Å². The van der Waals surface area contributed by atoms with Crippen LogP contribution in [0.25, 0.3) is 0 Å². The van der Waals surface area contributed by atoms with E-state index in [-0.39, 0.29) is 5.41 Å². The summed E-state index contributed by atoms with van der Waals surface area (Å²) < 4.78 is 13.2. The van der Waals surface area contributed by atoms with E-state index in [1.807, 2.05) is 18.2 Å². The number of hydrogen-bond donors (Lipinski definition) is 0. The first-order valence-electron chi connectivity index (χ1n) is 5.85. The molecule has 0 bridgehead atoms. The summed E-state index contributed by atoms with van der Waals surface area (Å²) in [5.74, 6) is 0. The number of rotatable bonds is 5. The maximum absolute atomic E-state index is 13.2. The van der Waals surface area contributed by atoms with E-state index in [0.717, 1.165) is 6.42 Å². The van der Waals surface area contributed by atoms with Gasteiger partial charge in [0, 0.05) is 0 Å². The van der Waals surface area contributed by atoms with Crippen LogP contribution in [0, 0.1) is 5.41 Å². The Bertz CT molecular complexity index is 269. The SMILES string of the molecule is C=C/C(=C\C=C/CCC(C)(C)F)C(C)(C)C. The van der Waals surface area contributed by atoms with Crippen LogP contribution in [0.2, 0.25) is 0 Å². The lowest BCUT2D eigenvalue weighted by molar-refractivity contribution is 0.203. The molecule has 0 unspecified atom stereocenters. The van der Waals surface area contributed by atoms with Gasteiger partial charge in [-0.3, -0.25) is 0 Å². The smallest absolute Gasteiger partial charge is 0.105 e. The second kappa shape index (κ2) is 6.03. The molecule has 0 saturated heterocycles. The molecule has 0 heterocycles. The van der Waals surface area contributed by atoms with E-state index in [1.54, 1.807) is 13.8 Å². The van der Waals surface area contributed by atoms with Gasteiger partial charge in [-0.25, -0.2) is 4.39 Å². The van der Waals surface area contributed by atoms with Gasteiger partial charge in [0.05, 0.1) is 0 Å². The van der Waals surface area contributed by atoms with Gasteiger partial charge < -0.3 is 0 Å². The molecule has 0 atom stereocenters. The van der Waals surface area contributed by atoms with Crippen LogP contribution in [0.15, 0.2) is 36.5 Å². The second-order valence-corrected chi connectivity index (χ2v) is 5.76. The maximum atomic E-state index is 13.2. The molecular formula is C15H25F. The van der Waals surface area contributed by atoms with Crippen LogP contribution in [0.5, 0.6) is 0 Å². The highest BCUT2D eigenvalue weighted by molar-refractivity contribution is 5.27. The van der Waals surface area contributed by atoms with E-state index in [1.165, 1.54) is 5.57 Å². The van der Waals surface area contributed by atoms with Gasteiger partial charge in [-0.15, -0.1) is 0 Å². The van der Waals surface area contributed by atoms with Gasteiger partial charge in [0.25, 0.3) is 0 Å². The van der Waals surface area contributed by atoms with E-state index in [9.17, 15) is 4.39 Å². The molecule has 0 fully saturated rings. The largest absolute Gasteiger partial charge is 0.244 e. The van der Waals surface area contributed by atoms with Crippen molar-refractivity contribution in [1.29, 1.82) is 0 Å². The molecule has 16 heavy (non-hydrogen) atoms. The van der Waals surface area contributed by atoms with E-state index in [4.69, 9.17) is 0 Å². The Hall–Kier alpha value is -0.850. The fraction of sp³-hybridized carbons (Fsp3) is 0.600. The average molecular weight is 224 g/mol. The summed E-state index contributed by atoms with van der Waals surface area (Å²) in [5.41, 5.74) is 0.244. The standard InChI is InChI=1S/C15H25F/c1-7-13(14(2,3)4)11-9-8-10-12-15(5,6)16/h7-9,11H,1,10,12H2,2-6H3/b9-8-,13-11+. The lowest BCUT2D eigenvalue weighted by atomic mass is 9.86. The molecule has 0 aromatic heterocycles. The van der Waals surface area contributed by atoms with E-state index < -0.39 is 5.67 Å². The Morgan fingerprint density at radius 2 is 1.75 bits per heavy atom. The highest BCUT2D eigenvalue weighted by atomic mass is 19.1. The molecule has 92 valence electrons. The zero-order valence-corrected chi connectivity index (χ0v) is 11.3. The van der Waals surface area contributed by atoms with Crippen LogP contribution >= 0.6 is 0 Å². The number of allylic oxidation sites excluding steroid dienone is 5. The molecule has 0 aliphatic rings. The van der Waals surface area contributed by atoms with Crippen LogP contribution in [-0.2, 0) is 0 Å². The minimum Gasteiger partial charge on any atom is -0.244 e. The van der Waals surface area contributed by atoms with Gasteiger partial charge >= 0.3 is 0 Å². The predicted molar refractivity (Wildman–Crippen MR) is 71.3 cm³/mol. The van der Waals surface area contributed by atoms with Crippen LogP contribution in [0.4, 0.5) is 4.39 Å². The summed E-state index contributed by atoms with van der Waals surface area (Å²) in [5, 5.41) is 0. The van der Waals surface area contributed by atoms with Crippen LogP contribution < -0.4 is 0 Å². The number of alkyl halides is 1. The molecule has 0 spiro atoms. The highest BCUT2D eigenvalue weighted by Gasteiger charge is 2.13. The van der Waals surface area contributed by atoms with Crippen LogP contribution in [0.1, 0.15) is 47.5 Å². The van der Waals surface area contributed by atoms with Crippen molar-refractivity contribution in [3.05, 3.63) is 36.5 Å². The third-order valence-corrected chi connectivity index (χ3v) is 2.40. The van der Waals surface area contributed by atoms with Crippen molar-refractivity contribution in [3.63, 3.8) is 0 Å². The normalized spacial score (nSPS) is 14.5.